The van der Waals surface area contributed by atoms with Gasteiger partial charge < -0.3 is 14.7 Å². The summed E-state index contributed by atoms with van der Waals surface area (Å²) in [5.41, 5.74) is 2.09. The lowest BCUT2D eigenvalue weighted by atomic mass is 10.1. The minimum atomic E-state index is -0.466. The van der Waals surface area contributed by atoms with Crippen LogP contribution in [0.25, 0.3) is 11.3 Å². The van der Waals surface area contributed by atoms with Gasteiger partial charge in [-0.1, -0.05) is 56.7 Å². The lowest BCUT2D eigenvalue weighted by molar-refractivity contribution is -0.132. The highest BCUT2D eigenvalue weighted by Gasteiger charge is 2.26. The molecule has 2 aromatic carbocycles. The quantitative estimate of drug-likeness (QED) is 0.476. The van der Waals surface area contributed by atoms with Gasteiger partial charge in [-0.3, -0.25) is 9.59 Å². The number of nitrogens with zero attached hydrogens (tertiary/aromatic N) is 5. The van der Waals surface area contributed by atoms with Crippen LogP contribution >= 0.6 is 0 Å². The van der Waals surface area contributed by atoms with Crippen molar-refractivity contribution in [2.45, 2.75) is 20.3 Å². The van der Waals surface area contributed by atoms with E-state index in [2.05, 4.69) is 15.1 Å². The predicted octanol–water partition coefficient (Wildman–Crippen LogP) is 4.12. The zero-order chi connectivity index (χ0) is 25.5. The molecule has 8 heteroatoms. The van der Waals surface area contributed by atoms with E-state index in [0.29, 0.717) is 32.7 Å². The van der Waals surface area contributed by atoms with Crippen LogP contribution in [0.2, 0.25) is 0 Å². The van der Waals surface area contributed by atoms with E-state index >= 15 is 0 Å². The van der Waals surface area contributed by atoms with Gasteiger partial charge in [-0.25, -0.2) is 4.39 Å². The first-order valence-electron chi connectivity index (χ1n) is 12.4. The van der Waals surface area contributed by atoms with Crippen LogP contribution in [0.15, 0.2) is 66.7 Å². The molecular formula is C28H32FN5O2. The second kappa shape index (κ2) is 11.7. The van der Waals surface area contributed by atoms with Gasteiger partial charge in [-0.2, -0.15) is 0 Å². The Morgan fingerprint density at radius 2 is 1.72 bits per heavy atom. The molecule has 1 unspecified atom stereocenters. The molecule has 2 heterocycles. The molecule has 188 valence electrons. The molecule has 2 amide bonds. The average Bonchev–Trinajstić information content (AvgIpc) is 2.92. The zero-order valence-electron chi connectivity index (χ0n) is 20.8. The van der Waals surface area contributed by atoms with Gasteiger partial charge >= 0.3 is 0 Å². The maximum atomic E-state index is 13.7. The molecule has 3 aromatic rings. The third kappa shape index (κ3) is 6.24. The van der Waals surface area contributed by atoms with E-state index in [1.165, 1.54) is 18.2 Å². The summed E-state index contributed by atoms with van der Waals surface area (Å²) in [6.07, 6.45) is 0.879. The van der Waals surface area contributed by atoms with Crippen LogP contribution in [-0.2, 0) is 4.79 Å². The third-order valence-electron chi connectivity index (χ3n) is 6.59. The number of halogens is 1. The number of hydrogen-bond donors (Lipinski definition) is 0. The van der Waals surface area contributed by atoms with E-state index in [1.54, 1.807) is 15.9 Å². The van der Waals surface area contributed by atoms with E-state index in [-0.39, 0.29) is 29.8 Å². The molecule has 4 rings (SSSR count). The molecule has 1 atom stereocenters. The van der Waals surface area contributed by atoms with E-state index in [0.717, 1.165) is 23.5 Å². The first-order chi connectivity index (χ1) is 17.4. The van der Waals surface area contributed by atoms with Crippen LogP contribution in [0.5, 0.6) is 0 Å². The number of carbonyl (C=O) groups excluding carboxylic acids is 2. The molecule has 36 heavy (non-hydrogen) atoms. The van der Waals surface area contributed by atoms with Crippen molar-refractivity contribution in [1.29, 1.82) is 0 Å². The predicted molar refractivity (Wildman–Crippen MR) is 138 cm³/mol. The lowest BCUT2D eigenvalue weighted by Gasteiger charge is -2.36. The summed E-state index contributed by atoms with van der Waals surface area (Å²) in [7, 11) is 0. The van der Waals surface area contributed by atoms with Gasteiger partial charge in [0.2, 0.25) is 5.91 Å². The van der Waals surface area contributed by atoms with Crippen LogP contribution in [0.1, 0.15) is 30.6 Å². The number of piperazine rings is 1. The fourth-order valence-electron chi connectivity index (χ4n) is 4.23. The molecule has 0 saturated carbocycles. The Kier molecular flexibility index (Phi) is 8.25. The van der Waals surface area contributed by atoms with Crippen molar-refractivity contribution < 1.29 is 14.0 Å². The molecule has 0 N–H and O–H groups in total. The van der Waals surface area contributed by atoms with Crippen LogP contribution in [0.4, 0.5) is 10.2 Å². The minimum Gasteiger partial charge on any atom is -0.352 e. The zero-order valence-corrected chi connectivity index (χ0v) is 20.8. The monoisotopic (exact) mass is 489 g/mol. The van der Waals surface area contributed by atoms with Crippen molar-refractivity contribution in [1.82, 2.24) is 20.0 Å². The van der Waals surface area contributed by atoms with Gasteiger partial charge in [-0.15, -0.1) is 10.2 Å². The topological polar surface area (TPSA) is 69.6 Å². The van der Waals surface area contributed by atoms with Crippen molar-refractivity contribution in [3.05, 3.63) is 78.1 Å². The molecular weight excluding hydrogens is 457 g/mol. The highest BCUT2D eigenvalue weighted by atomic mass is 19.1. The van der Waals surface area contributed by atoms with Crippen LogP contribution in [0, 0.1) is 11.7 Å². The van der Waals surface area contributed by atoms with E-state index in [9.17, 15) is 14.0 Å². The molecule has 1 fully saturated rings. The van der Waals surface area contributed by atoms with Crippen LogP contribution < -0.4 is 4.90 Å². The lowest BCUT2D eigenvalue weighted by Crippen LogP contribution is -2.52. The van der Waals surface area contributed by atoms with Crippen LogP contribution in [0.3, 0.4) is 0 Å². The Hall–Kier alpha value is -3.81. The van der Waals surface area contributed by atoms with E-state index < -0.39 is 5.82 Å². The number of amides is 2. The molecule has 0 radical (unpaired) electrons. The molecule has 0 bridgehead atoms. The largest absolute Gasteiger partial charge is 0.352 e. The Morgan fingerprint density at radius 3 is 2.36 bits per heavy atom. The minimum absolute atomic E-state index is 0.0226. The second-order valence-corrected chi connectivity index (χ2v) is 9.22. The number of benzene rings is 2. The highest BCUT2D eigenvalue weighted by molar-refractivity contribution is 5.96. The van der Waals surface area contributed by atoms with E-state index in [4.69, 9.17) is 0 Å². The first-order valence-corrected chi connectivity index (χ1v) is 12.4. The molecule has 1 aliphatic rings. The average molecular weight is 490 g/mol. The van der Waals surface area contributed by atoms with Gasteiger partial charge in [0.05, 0.1) is 5.69 Å². The maximum Gasteiger partial charge on any atom is 0.254 e. The Labute approximate surface area is 211 Å². The van der Waals surface area contributed by atoms with Crippen molar-refractivity contribution in [3.63, 3.8) is 0 Å². The SMILES string of the molecule is CCC(C)CN(CC(=O)N1CCN(c2ccc(-c3ccccc3)nn2)CC1)C(=O)c1cccc(F)c1. The number of carbonyl (C=O) groups is 2. The van der Waals surface area contributed by atoms with Gasteiger partial charge in [0, 0.05) is 43.9 Å². The summed E-state index contributed by atoms with van der Waals surface area (Å²) >= 11 is 0. The second-order valence-electron chi connectivity index (χ2n) is 9.22. The third-order valence-corrected chi connectivity index (χ3v) is 6.59. The summed E-state index contributed by atoms with van der Waals surface area (Å²) in [6, 6.07) is 19.4. The molecule has 1 aromatic heterocycles. The Morgan fingerprint density at radius 1 is 0.972 bits per heavy atom. The molecule has 1 aliphatic heterocycles. The van der Waals surface area contributed by atoms with Gasteiger partial charge in [-0.05, 0) is 36.2 Å². The van der Waals surface area contributed by atoms with Crippen molar-refractivity contribution >= 4 is 17.6 Å². The Bertz CT molecular complexity index is 1160. The first kappa shape index (κ1) is 25.3. The van der Waals surface area contributed by atoms with Gasteiger partial charge in [0.1, 0.15) is 12.4 Å². The molecule has 0 aliphatic carbocycles. The summed E-state index contributed by atoms with van der Waals surface area (Å²) in [5, 5.41) is 8.76. The molecule has 7 nitrogen and oxygen atoms in total. The standard InChI is InChI=1S/C28H32FN5O2/c1-3-21(2)19-34(28(36)23-10-7-11-24(29)18-23)20-27(35)33-16-14-32(15-17-33)26-13-12-25(30-31-26)22-8-5-4-6-9-22/h4-13,18,21H,3,14-17,19-20H2,1-2H3. The number of aromatic nitrogens is 2. The van der Waals surface area contributed by atoms with Gasteiger partial charge in [0.15, 0.2) is 5.82 Å². The summed E-state index contributed by atoms with van der Waals surface area (Å²) in [6.45, 7) is 6.85. The van der Waals surface area contributed by atoms with Gasteiger partial charge in [0.25, 0.3) is 5.91 Å². The Balaban J connectivity index is 1.36. The number of rotatable bonds is 8. The fourth-order valence-corrected chi connectivity index (χ4v) is 4.23. The summed E-state index contributed by atoms with van der Waals surface area (Å²) in [5.74, 6) is 0.113. The van der Waals surface area contributed by atoms with Crippen molar-refractivity contribution in [2.75, 3.05) is 44.2 Å². The number of hydrogen-bond acceptors (Lipinski definition) is 5. The highest BCUT2D eigenvalue weighted by Crippen LogP contribution is 2.19. The van der Waals surface area contributed by atoms with Crippen LogP contribution in [-0.4, -0.2) is 71.1 Å². The smallest absolute Gasteiger partial charge is 0.254 e. The maximum absolute atomic E-state index is 13.7. The molecule has 0 spiro atoms. The van der Waals surface area contributed by atoms with Crippen molar-refractivity contribution in [3.8, 4) is 11.3 Å². The van der Waals surface area contributed by atoms with E-state index in [1.807, 2.05) is 56.3 Å². The fraction of sp³-hybridized carbons (Fsp3) is 0.357. The molecule has 1 saturated heterocycles. The van der Waals surface area contributed by atoms with Crippen molar-refractivity contribution in [2.24, 2.45) is 5.92 Å². The normalized spacial score (nSPS) is 14.4. The summed E-state index contributed by atoms with van der Waals surface area (Å²) < 4.78 is 13.7. The number of anilines is 1. The summed E-state index contributed by atoms with van der Waals surface area (Å²) in [4.78, 5) is 31.7.